The summed E-state index contributed by atoms with van der Waals surface area (Å²) in [7, 11) is -4.18. The molecule has 7 nitrogen and oxygen atoms in total. The Morgan fingerprint density at radius 3 is 2.24 bits per heavy atom. The number of hydrogen-bond donors (Lipinski definition) is 1. The second kappa shape index (κ2) is 12.9. The molecule has 0 aromatic heterocycles. The van der Waals surface area contributed by atoms with Crippen LogP contribution < -0.4 is 9.62 Å². The lowest BCUT2D eigenvalue weighted by molar-refractivity contribution is -0.140. The zero-order valence-electron chi connectivity index (χ0n) is 21.5. The van der Waals surface area contributed by atoms with E-state index in [-0.39, 0.29) is 23.0 Å². The van der Waals surface area contributed by atoms with Gasteiger partial charge in [0.25, 0.3) is 10.0 Å². The fourth-order valence-corrected chi connectivity index (χ4v) is 5.59. The molecule has 0 saturated carbocycles. The molecule has 38 heavy (non-hydrogen) atoms. The van der Waals surface area contributed by atoms with Crippen molar-refractivity contribution in [2.24, 2.45) is 0 Å². The van der Waals surface area contributed by atoms with Crippen LogP contribution in [-0.4, -0.2) is 44.3 Å². The molecule has 10 heteroatoms. The van der Waals surface area contributed by atoms with Crippen molar-refractivity contribution < 1.29 is 22.4 Å². The van der Waals surface area contributed by atoms with Crippen LogP contribution in [0.15, 0.2) is 77.7 Å². The molecule has 3 aromatic rings. The Morgan fingerprint density at radius 1 is 1.00 bits per heavy atom. The van der Waals surface area contributed by atoms with Crippen molar-refractivity contribution in [2.75, 3.05) is 17.4 Å². The quantitative estimate of drug-likeness (QED) is 0.361. The Balaban J connectivity index is 2.05. The van der Waals surface area contributed by atoms with Gasteiger partial charge in [0, 0.05) is 18.1 Å². The maximum atomic E-state index is 13.9. The molecule has 0 aliphatic rings. The minimum Gasteiger partial charge on any atom is -0.355 e. The molecule has 0 radical (unpaired) electrons. The second-order valence-electron chi connectivity index (χ2n) is 8.77. The maximum Gasteiger partial charge on any atom is 0.264 e. The monoisotopic (exact) mass is 559 g/mol. The molecule has 2 amide bonds. The van der Waals surface area contributed by atoms with Crippen molar-refractivity contribution in [1.29, 1.82) is 0 Å². The SMILES string of the molecule is CCNC(=O)[C@@H](CC)N(Cc1ccc(F)cc1)C(=O)CN(c1cccc(Cl)c1)S(=O)(=O)c1ccc(C)cc1. The average molecular weight is 560 g/mol. The van der Waals surface area contributed by atoms with Crippen molar-refractivity contribution in [2.45, 2.75) is 44.7 Å². The van der Waals surface area contributed by atoms with Crippen LogP contribution in [0.1, 0.15) is 31.4 Å². The predicted molar refractivity (Wildman–Crippen MR) is 147 cm³/mol. The van der Waals surface area contributed by atoms with Gasteiger partial charge in [-0.05, 0) is 68.3 Å². The summed E-state index contributed by atoms with van der Waals surface area (Å²) in [5.74, 6) is -1.39. The van der Waals surface area contributed by atoms with E-state index in [1.54, 1.807) is 44.2 Å². The molecule has 0 saturated heterocycles. The second-order valence-corrected chi connectivity index (χ2v) is 11.1. The third-order valence-electron chi connectivity index (χ3n) is 5.99. The van der Waals surface area contributed by atoms with E-state index in [0.29, 0.717) is 23.6 Å². The number of sulfonamides is 1. The molecule has 0 bridgehead atoms. The maximum absolute atomic E-state index is 13.9. The van der Waals surface area contributed by atoms with Gasteiger partial charge in [0.2, 0.25) is 11.8 Å². The first-order valence-corrected chi connectivity index (χ1v) is 14.0. The molecule has 0 aliphatic heterocycles. The van der Waals surface area contributed by atoms with E-state index in [0.717, 1.165) is 9.87 Å². The molecule has 0 heterocycles. The smallest absolute Gasteiger partial charge is 0.264 e. The Kier molecular flexibility index (Phi) is 9.88. The number of halogens is 2. The minimum absolute atomic E-state index is 0.0109. The summed E-state index contributed by atoms with van der Waals surface area (Å²) in [6.45, 7) is 5.16. The number of nitrogens with zero attached hydrogens (tertiary/aromatic N) is 2. The van der Waals surface area contributed by atoms with E-state index in [9.17, 15) is 22.4 Å². The third kappa shape index (κ3) is 7.11. The highest BCUT2D eigenvalue weighted by molar-refractivity contribution is 7.92. The summed E-state index contributed by atoms with van der Waals surface area (Å²) in [4.78, 5) is 28.1. The number of rotatable bonds is 11. The summed E-state index contributed by atoms with van der Waals surface area (Å²) < 4.78 is 42.1. The summed E-state index contributed by atoms with van der Waals surface area (Å²) in [5.41, 5.74) is 1.69. The number of likely N-dealkylation sites (N-methyl/N-ethyl adjacent to an activating group) is 1. The van der Waals surface area contributed by atoms with E-state index in [2.05, 4.69) is 5.32 Å². The lowest BCUT2D eigenvalue weighted by atomic mass is 10.1. The number of carbonyl (C=O) groups is 2. The predicted octanol–water partition coefficient (Wildman–Crippen LogP) is 4.93. The standard InChI is InChI=1S/C28H31ClFN3O4S/c1-4-26(28(35)31-5-2)32(18-21-11-13-23(30)14-12-21)27(34)19-33(24-8-6-7-22(29)17-24)38(36,37)25-15-9-20(3)10-16-25/h6-17,26H,4-5,18-19H2,1-3H3,(H,31,35)/t26-/m1/s1. The van der Waals surface area contributed by atoms with Gasteiger partial charge in [0.15, 0.2) is 0 Å². The van der Waals surface area contributed by atoms with Crippen LogP contribution in [0.5, 0.6) is 0 Å². The summed E-state index contributed by atoms with van der Waals surface area (Å²) in [6, 6.07) is 17.2. The van der Waals surface area contributed by atoms with Crippen LogP contribution in [-0.2, 0) is 26.2 Å². The van der Waals surface area contributed by atoms with E-state index < -0.39 is 34.3 Å². The van der Waals surface area contributed by atoms with Crippen LogP contribution in [0.3, 0.4) is 0 Å². The van der Waals surface area contributed by atoms with Crippen molar-refractivity contribution in [1.82, 2.24) is 10.2 Å². The van der Waals surface area contributed by atoms with Crippen molar-refractivity contribution in [3.05, 3.63) is 94.8 Å². The van der Waals surface area contributed by atoms with Gasteiger partial charge in [-0.1, -0.05) is 54.4 Å². The van der Waals surface area contributed by atoms with Gasteiger partial charge in [-0.25, -0.2) is 12.8 Å². The van der Waals surface area contributed by atoms with E-state index >= 15 is 0 Å². The van der Waals surface area contributed by atoms with Crippen LogP contribution in [0, 0.1) is 12.7 Å². The lowest BCUT2D eigenvalue weighted by Crippen LogP contribution is -2.52. The molecule has 3 aromatic carbocycles. The highest BCUT2D eigenvalue weighted by atomic mass is 35.5. The lowest BCUT2D eigenvalue weighted by Gasteiger charge is -2.33. The van der Waals surface area contributed by atoms with Gasteiger partial charge in [-0.3, -0.25) is 13.9 Å². The molecule has 1 N–H and O–H groups in total. The Hall–Kier alpha value is -3.43. The molecule has 0 fully saturated rings. The van der Waals surface area contributed by atoms with Gasteiger partial charge in [0.1, 0.15) is 18.4 Å². The average Bonchev–Trinajstić information content (AvgIpc) is 2.88. The first-order valence-electron chi connectivity index (χ1n) is 12.2. The Morgan fingerprint density at radius 2 is 1.66 bits per heavy atom. The summed E-state index contributed by atoms with van der Waals surface area (Å²) >= 11 is 6.17. The van der Waals surface area contributed by atoms with Gasteiger partial charge in [-0.2, -0.15) is 0 Å². The molecule has 202 valence electrons. The summed E-state index contributed by atoms with van der Waals surface area (Å²) in [5, 5.41) is 3.04. The number of nitrogens with one attached hydrogen (secondary N) is 1. The first-order chi connectivity index (χ1) is 18.1. The molecular formula is C28H31ClFN3O4S. The molecule has 0 aliphatic carbocycles. The molecule has 0 unspecified atom stereocenters. The summed E-state index contributed by atoms with van der Waals surface area (Å²) in [6.07, 6.45) is 0.292. The third-order valence-corrected chi connectivity index (χ3v) is 8.01. The number of benzene rings is 3. The van der Waals surface area contributed by atoms with E-state index in [1.807, 2.05) is 6.92 Å². The molecule has 1 atom stereocenters. The largest absolute Gasteiger partial charge is 0.355 e. The van der Waals surface area contributed by atoms with Crippen molar-refractivity contribution in [3.8, 4) is 0 Å². The van der Waals surface area contributed by atoms with E-state index in [1.165, 1.54) is 47.4 Å². The fourth-order valence-electron chi connectivity index (χ4n) is 4.00. The number of hydrogen-bond acceptors (Lipinski definition) is 4. The normalized spacial score (nSPS) is 12.0. The Bertz CT molecular complexity index is 1370. The van der Waals surface area contributed by atoms with Crippen LogP contribution in [0.2, 0.25) is 5.02 Å². The number of amides is 2. The van der Waals surface area contributed by atoms with Gasteiger partial charge in [0.05, 0.1) is 10.6 Å². The van der Waals surface area contributed by atoms with Crippen molar-refractivity contribution in [3.63, 3.8) is 0 Å². The highest BCUT2D eigenvalue weighted by Crippen LogP contribution is 2.27. The topological polar surface area (TPSA) is 86.8 Å². The Labute approximate surface area is 228 Å². The fraction of sp³-hybridized carbons (Fsp3) is 0.286. The van der Waals surface area contributed by atoms with Gasteiger partial charge in [-0.15, -0.1) is 0 Å². The molecule has 0 spiro atoms. The minimum atomic E-state index is -4.18. The van der Waals surface area contributed by atoms with Gasteiger partial charge >= 0.3 is 0 Å². The molecular weight excluding hydrogens is 529 g/mol. The van der Waals surface area contributed by atoms with E-state index in [4.69, 9.17) is 11.6 Å². The first kappa shape index (κ1) is 29.1. The van der Waals surface area contributed by atoms with Crippen LogP contribution >= 0.6 is 11.6 Å². The van der Waals surface area contributed by atoms with Crippen LogP contribution in [0.4, 0.5) is 10.1 Å². The number of carbonyl (C=O) groups excluding carboxylic acids is 2. The zero-order valence-corrected chi connectivity index (χ0v) is 23.1. The van der Waals surface area contributed by atoms with Crippen molar-refractivity contribution >= 4 is 39.1 Å². The highest BCUT2D eigenvalue weighted by Gasteiger charge is 2.33. The van der Waals surface area contributed by atoms with Crippen LogP contribution in [0.25, 0.3) is 0 Å². The zero-order chi connectivity index (χ0) is 27.9. The van der Waals surface area contributed by atoms with Gasteiger partial charge < -0.3 is 10.2 Å². The number of aryl methyl sites for hydroxylation is 1. The number of anilines is 1. The molecule has 3 rings (SSSR count).